The van der Waals surface area contributed by atoms with Crippen LogP contribution in [-0.2, 0) is 14.3 Å². The van der Waals surface area contributed by atoms with E-state index < -0.39 is 11.6 Å². The minimum absolute atomic E-state index is 0.0631. The fraction of sp³-hybridized carbons (Fsp3) is 0.667. The Labute approximate surface area is 111 Å². The van der Waals surface area contributed by atoms with Gasteiger partial charge in [0.1, 0.15) is 17.8 Å². The highest BCUT2D eigenvalue weighted by Gasteiger charge is 2.18. The summed E-state index contributed by atoms with van der Waals surface area (Å²) < 4.78 is 7.01. The summed E-state index contributed by atoms with van der Waals surface area (Å²) >= 11 is 2.14. The summed E-state index contributed by atoms with van der Waals surface area (Å²) in [7, 11) is 0. The van der Waals surface area contributed by atoms with Crippen molar-refractivity contribution >= 4 is 34.3 Å². The number of Topliss-reactive ketones (excluding diaryl/α,β-unsaturated/α-hetero) is 1. The minimum atomic E-state index is -0.518. The van der Waals surface area contributed by atoms with Crippen LogP contribution in [0.3, 0.4) is 0 Å². The molecule has 0 bridgehead atoms. The largest absolute Gasteiger partial charge is 0.460 e. The van der Waals surface area contributed by atoms with E-state index in [9.17, 15) is 9.59 Å². The van der Waals surface area contributed by atoms with E-state index >= 15 is 0 Å². The zero-order valence-electron chi connectivity index (χ0n) is 10.3. The molecule has 0 aliphatic rings. The van der Waals surface area contributed by atoms with Gasteiger partial charge >= 0.3 is 5.97 Å². The van der Waals surface area contributed by atoms with Gasteiger partial charge in [-0.25, -0.2) is 0 Å². The fourth-order valence-electron chi connectivity index (χ4n) is 1.02. The Hall–Kier alpha value is -0.390. The number of halogens is 1. The van der Waals surface area contributed by atoms with Gasteiger partial charge in [-0.15, -0.1) is 0 Å². The molecule has 0 saturated carbocycles. The van der Waals surface area contributed by atoms with Gasteiger partial charge in [0, 0.05) is 6.42 Å². The van der Waals surface area contributed by atoms with Crippen LogP contribution in [0.15, 0.2) is 9.66 Å². The minimum Gasteiger partial charge on any atom is -0.460 e. The average molecular weight is 338 g/mol. The molecular weight excluding hydrogens is 319 g/mol. The maximum atomic E-state index is 11.4. The number of carbonyl (C=O) groups excluding carboxylic acids is 2. The maximum absolute atomic E-state index is 11.4. The second-order valence-corrected chi connectivity index (χ2v) is 5.38. The topological polar surface area (TPSA) is 43.4 Å². The van der Waals surface area contributed by atoms with Crippen LogP contribution in [0.5, 0.6) is 0 Å². The van der Waals surface area contributed by atoms with Gasteiger partial charge in [0.05, 0.1) is 0 Å². The number of hydrogen-bond acceptors (Lipinski definition) is 3. The van der Waals surface area contributed by atoms with Crippen LogP contribution >= 0.6 is 22.6 Å². The molecule has 0 spiro atoms. The summed E-state index contributed by atoms with van der Waals surface area (Å²) in [4.78, 5) is 22.8. The maximum Gasteiger partial charge on any atom is 0.313 e. The number of esters is 1. The van der Waals surface area contributed by atoms with E-state index in [-0.39, 0.29) is 12.2 Å². The summed E-state index contributed by atoms with van der Waals surface area (Å²) in [5.41, 5.74) is 0.633. The Morgan fingerprint density at radius 3 is 2.25 bits per heavy atom. The van der Waals surface area contributed by atoms with Crippen molar-refractivity contribution in [3.8, 4) is 0 Å². The molecule has 0 amide bonds. The van der Waals surface area contributed by atoms with Crippen LogP contribution in [0.25, 0.3) is 0 Å². The Morgan fingerprint density at radius 2 is 1.81 bits per heavy atom. The van der Waals surface area contributed by atoms with Gasteiger partial charge in [0.2, 0.25) is 0 Å². The van der Waals surface area contributed by atoms with Gasteiger partial charge in [0.25, 0.3) is 0 Å². The number of hydrogen-bond donors (Lipinski definition) is 0. The summed E-state index contributed by atoms with van der Waals surface area (Å²) in [5, 5.41) is 0. The van der Waals surface area contributed by atoms with Crippen LogP contribution in [0.4, 0.5) is 0 Å². The van der Waals surface area contributed by atoms with Gasteiger partial charge in [0.15, 0.2) is 0 Å². The van der Waals surface area contributed by atoms with E-state index in [2.05, 4.69) is 22.6 Å². The number of ether oxygens (including phenoxy) is 1. The van der Waals surface area contributed by atoms with Crippen molar-refractivity contribution in [3.05, 3.63) is 9.66 Å². The van der Waals surface area contributed by atoms with Crippen LogP contribution in [-0.4, -0.2) is 17.4 Å². The third-order valence-corrected chi connectivity index (χ3v) is 2.81. The van der Waals surface area contributed by atoms with Gasteiger partial charge in [-0.1, -0.05) is 28.2 Å². The third-order valence-electron chi connectivity index (χ3n) is 1.75. The molecular formula is C12H19IO3. The molecule has 0 fully saturated rings. The van der Waals surface area contributed by atoms with Gasteiger partial charge in [-0.05, 0) is 38.2 Å². The molecule has 4 heteroatoms. The molecule has 0 N–H and O–H groups in total. The van der Waals surface area contributed by atoms with Gasteiger partial charge < -0.3 is 4.74 Å². The first kappa shape index (κ1) is 15.6. The Morgan fingerprint density at radius 1 is 1.25 bits per heavy atom. The standard InChI is InChI=1S/C12H19IO3/c1-9(8-13)5-6-10(14)7-11(15)16-12(2,3)4/h8H,5-7H2,1-4H3/b9-8-. The molecule has 0 saturated heterocycles. The van der Waals surface area contributed by atoms with E-state index in [1.54, 1.807) is 20.8 Å². The first-order valence-electron chi connectivity index (χ1n) is 5.24. The Balaban J connectivity index is 3.93. The molecule has 0 aliphatic carbocycles. The highest BCUT2D eigenvalue weighted by Crippen LogP contribution is 2.11. The van der Waals surface area contributed by atoms with Gasteiger partial charge in [-0.2, -0.15) is 0 Å². The van der Waals surface area contributed by atoms with Crippen LogP contribution in [0, 0.1) is 0 Å². The van der Waals surface area contributed by atoms with Crippen LogP contribution in [0.1, 0.15) is 47.0 Å². The molecule has 0 rings (SSSR count). The smallest absolute Gasteiger partial charge is 0.313 e. The van der Waals surface area contributed by atoms with Crippen molar-refractivity contribution in [2.24, 2.45) is 0 Å². The summed E-state index contributed by atoms with van der Waals surface area (Å²) in [6.45, 7) is 7.34. The average Bonchev–Trinajstić information content (AvgIpc) is 2.10. The molecule has 0 aromatic heterocycles. The number of carbonyl (C=O) groups is 2. The van der Waals surface area contributed by atoms with Crippen molar-refractivity contribution < 1.29 is 14.3 Å². The van der Waals surface area contributed by atoms with E-state index in [1.807, 2.05) is 11.0 Å². The van der Waals surface area contributed by atoms with Crippen molar-refractivity contribution in [2.45, 2.75) is 52.6 Å². The SMILES string of the molecule is C/C(=C/I)CCC(=O)CC(=O)OC(C)(C)C. The monoisotopic (exact) mass is 338 g/mol. The highest BCUT2D eigenvalue weighted by molar-refractivity contribution is 14.1. The predicted octanol–water partition coefficient (Wildman–Crippen LogP) is 3.41. The van der Waals surface area contributed by atoms with E-state index in [0.29, 0.717) is 12.8 Å². The van der Waals surface area contributed by atoms with E-state index in [1.165, 1.54) is 0 Å². The van der Waals surface area contributed by atoms with Gasteiger partial charge in [-0.3, -0.25) is 9.59 Å². The number of ketones is 1. The third kappa shape index (κ3) is 8.88. The van der Waals surface area contributed by atoms with Crippen LogP contribution in [0.2, 0.25) is 0 Å². The van der Waals surface area contributed by atoms with Crippen molar-refractivity contribution in [1.82, 2.24) is 0 Å². The first-order valence-corrected chi connectivity index (χ1v) is 6.48. The Bertz CT molecular complexity index is 287. The first-order chi connectivity index (χ1) is 7.24. The Kier molecular flexibility index (Phi) is 6.87. The highest BCUT2D eigenvalue weighted by atomic mass is 127. The quantitative estimate of drug-likeness (QED) is 0.438. The second kappa shape index (κ2) is 7.04. The normalized spacial score (nSPS) is 12.4. The molecule has 0 aromatic carbocycles. The number of rotatable bonds is 5. The molecule has 0 atom stereocenters. The lowest BCUT2D eigenvalue weighted by Crippen LogP contribution is -2.25. The van der Waals surface area contributed by atoms with E-state index in [0.717, 1.165) is 5.57 Å². The zero-order chi connectivity index (χ0) is 12.8. The summed E-state index contributed by atoms with van der Waals surface area (Å²) in [6.07, 6.45) is 1.00. The summed E-state index contributed by atoms with van der Waals surface area (Å²) in [5.74, 6) is -0.500. The lowest BCUT2D eigenvalue weighted by Gasteiger charge is -2.19. The van der Waals surface area contributed by atoms with Crippen LogP contribution < -0.4 is 0 Å². The van der Waals surface area contributed by atoms with Crippen molar-refractivity contribution in [1.29, 1.82) is 0 Å². The van der Waals surface area contributed by atoms with Crippen molar-refractivity contribution in [2.75, 3.05) is 0 Å². The zero-order valence-corrected chi connectivity index (χ0v) is 12.5. The molecule has 0 radical (unpaired) electrons. The van der Waals surface area contributed by atoms with E-state index in [4.69, 9.17) is 4.74 Å². The molecule has 0 aromatic rings. The summed E-state index contributed by atoms with van der Waals surface area (Å²) in [6, 6.07) is 0. The van der Waals surface area contributed by atoms with Crippen molar-refractivity contribution in [3.63, 3.8) is 0 Å². The molecule has 3 nitrogen and oxygen atoms in total. The second-order valence-electron chi connectivity index (χ2n) is 4.76. The number of allylic oxidation sites excluding steroid dienone is 1. The lowest BCUT2D eigenvalue weighted by atomic mass is 10.1. The lowest BCUT2D eigenvalue weighted by molar-refractivity contribution is -0.156. The fourth-order valence-corrected chi connectivity index (χ4v) is 1.33. The predicted molar refractivity (Wildman–Crippen MR) is 72.5 cm³/mol. The molecule has 92 valence electrons. The molecule has 0 unspecified atom stereocenters. The molecule has 0 aliphatic heterocycles. The molecule has 0 heterocycles. The molecule has 16 heavy (non-hydrogen) atoms.